The van der Waals surface area contributed by atoms with Gasteiger partial charge in [-0.15, -0.1) is 0 Å². The van der Waals surface area contributed by atoms with Gasteiger partial charge in [-0.05, 0) is 37.4 Å². The zero-order valence-corrected chi connectivity index (χ0v) is 15.1. The van der Waals surface area contributed by atoms with Crippen LogP contribution in [-0.4, -0.2) is 41.8 Å². The van der Waals surface area contributed by atoms with E-state index < -0.39 is 0 Å². The summed E-state index contributed by atoms with van der Waals surface area (Å²) in [6, 6.07) is 11.2. The lowest BCUT2D eigenvalue weighted by atomic mass is 9.73. The fourth-order valence-electron chi connectivity index (χ4n) is 4.91. The van der Waals surface area contributed by atoms with E-state index in [1.54, 1.807) is 0 Å². The number of hydrogen-bond acceptors (Lipinski definition) is 3. The summed E-state index contributed by atoms with van der Waals surface area (Å²) in [5, 5.41) is 0. The Bertz CT molecular complexity index is 676. The van der Waals surface area contributed by atoms with Crippen LogP contribution in [-0.2, 0) is 11.3 Å². The van der Waals surface area contributed by atoms with E-state index in [0.717, 1.165) is 32.5 Å². The van der Waals surface area contributed by atoms with E-state index in [1.165, 1.54) is 16.8 Å². The van der Waals surface area contributed by atoms with Crippen molar-refractivity contribution in [2.24, 2.45) is 11.3 Å². The standard InChI is InChI=1S/C21H28N2O/c1-21(2)11-17-20(19(24)12-21)16-9-10-22(3)14-18(16)23(17)13-15-7-5-4-6-8-15/h4-8,16,18H,9-14H2,1-3H3/t16-,18+/m0/s1. The number of likely N-dealkylation sites (tertiary alicyclic amines) is 1. The third kappa shape index (κ3) is 2.69. The van der Waals surface area contributed by atoms with Crippen molar-refractivity contribution in [1.29, 1.82) is 0 Å². The van der Waals surface area contributed by atoms with Gasteiger partial charge in [-0.1, -0.05) is 44.2 Å². The molecule has 0 saturated carbocycles. The number of Topliss-reactive ketones (excluding diaryl/α,β-unsaturated/α-hetero) is 1. The van der Waals surface area contributed by atoms with Gasteiger partial charge < -0.3 is 9.80 Å². The second-order valence-electron chi connectivity index (χ2n) is 8.64. The summed E-state index contributed by atoms with van der Waals surface area (Å²) in [6.07, 6.45) is 2.87. The first-order chi connectivity index (χ1) is 11.4. The molecule has 3 aliphatic rings. The van der Waals surface area contributed by atoms with Crippen molar-refractivity contribution in [3.63, 3.8) is 0 Å². The molecule has 0 bridgehead atoms. The van der Waals surface area contributed by atoms with E-state index >= 15 is 0 Å². The van der Waals surface area contributed by atoms with Gasteiger partial charge in [0.2, 0.25) is 0 Å². The predicted octanol–water partition coefficient (Wildman–Crippen LogP) is 3.47. The number of nitrogens with zero attached hydrogens (tertiary/aromatic N) is 2. The fraction of sp³-hybridized carbons (Fsp3) is 0.571. The van der Waals surface area contributed by atoms with E-state index in [4.69, 9.17) is 0 Å². The second kappa shape index (κ2) is 5.73. The highest BCUT2D eigenvalue weighted by molar-refractivity contribution is 5.98. The Kier molecular flexibility index (Phi) is 3.80. The Labute approximate surface area is 145 Å². The fourth-order valence-corrected chi connectivity index (χ4v) is 4.91. The molecule has 128 valence electrons. The van der Waals surface area contributed by atoms with Gasteiger partial charge >= 0.3 is 0 Å². The van der Waals surface area contributed by atoms with Crippen molar-refractivity contribution >= 4 is 5.78 Å². The minimum absolute atomic E-state index is 0.0876. The third-order valence-electron chi connectivity index (χ3n) is 5.99. The normalized spacial score (nSPS) is 29.6. The van der Waals surface area contributed by atoms with Gasteiger partial charge in [0.1, 0.15) is 0 Å². The Morgan fingerprint density at radius 2 is 1.92 bits per heavy atom. The lowest BCUT2D eigenvalue weighted by Gasteiger charge is -2.39. The van der Waals surface area contributed by atoms with Gasteiger partial charge in [0.25, 0.3) is 0 Å². The molecule has 2 atom stereocenters. The highest BCUT2D eigenvalue weighted by Crippen LogP contribution is 2.49. The first-order valence-electron chi connectivity index (χ1n) is 9.20. The molecule has 3 nitrogen and oxygen atoms in total. The van der Waals surface area contributed by atoms with Crippen LogP contribution >= 0.6 is 0 Å². The monoisotopic (exact) mass is 324 g/mol. The summed E-state index contributed by atoms with van der Waals surface area (Å²) in [5.41, 5.74) is 3.97. The molecule has 0 amide bonds. The molecule has 1 saturated heterocycles. The van der Waals surface area contributed by atoms with Crippen LogP contribution in [0.25, 0.3) is 0 Å². The summed E-state index contributed by atoms with van der Waals surface area (Å²) >= 11 is 0. The van der Waals surface area contributed by atoms with E-state index in [2.05, 4.69) is 61.0 Å². The molecular weight excluding hydrogens is 296 g/mol. The van der Waals surface area contributed by atoms with E-state index in [-0.39, 0.29) is 5.41 Å². The van der Waals surface area contributed by atoms with Gasteiger partial charge in [-0.25, -0.2) is 0 Å². The third-order valence-corrected chi connectivity index (χ3v) is 5.99. The van der Waals surface area contributed by atoms with Crippen molar-refractivity contribution in [2.45, 2.75) is 45.7 Å². The van der Waals surface area contributed by atoms with Gasteiger partial charge in [0.15, 0.2) is 5.78 Å². The molecule has 3 heteroatoms. The second-order valence-corrected chi connectivity index (χ2v) is 8.64. The summed E-state index contributed by atoms with van der Waals surface area (Å²) < 4.78 is 0. The predicted molar refractivity (Wildman–Crippen MR) is 96.4 cm³/mol. The Morgan fingerprint density at radius 3 is 2.67 bits per heavy atom. The van der Waals surface area contributed by atoms with Crippen LogP contribution < -0.4 is 0 Å². The highest BCUT2D eigenvalue weighted by Gasteiger charge is 2.49. The van der Waals surface area contributed by atoms with Crippen molar-refractivity contribution in [3.8, 4) is 0 Å². The lowest BCUT2D eigenvalue weighted by molar-refractivity contribution is -0.118. The van der Waals surface area contributed by atoms with E-state index in [1.807, 2.05) is 0 Å². The summed E-state index contributed by atoms with van der Waals surface area (Å²) in [5.74, 6) is 0.861. The maximum atomic E-state index is 12.9. The minimum atomic E-state index is 0.0876. The average Bonchev–Trinajstić information content (AvgIpc) is 2.81. The molecular formula is C21H28N2O. The molecule has 4 rings (SSSR count). The van der Waals surface area contributed by atoms with Gasteiger partial charge in [-0.3, -0.25) is 4.79 Å². The van der Waals surface area contributed by atoms with Gasteiger partial charge in [0.05, 0.1) is 0 Å². The van der Waals surface area contributed by atoms with Crippen LogP contribution in [0.15, 0.2) is 41.6 Å². The van der Waals surface area contributed by atoms with Gasteiger partial charge in [0, 0.05) is 42.7 Å². The maximum absolute atomic E-state index is 12.9. The first-order valence-corrected chi connectivity index (χ1v) is 9.20. The number of piperidine rings is 1. The number of likely N-dealkylation sites (N-methyl/N-ethyl adjacent to an activating group) is 1. The minimum Gasteiger partial charge on any atom is -0.365 e. The molecule has 1 aromatic carbocycles. The summed E-state index contributed by atoms with van der Waals surface area (Å²) in [4.78, 5) is 17.9. The van der Waals surface area contributed by atoms with Crippen molar-refractivity contribution in [3.05, 3.63) is 47.2 Å². The van der Waals surface area contributed by atoms with Crippen LogP contribution in [0, 0.1) is 11.3 Å². The van der Waals surface area contributed by atoms with Crippen LogP contribution in [0.3, 0.4) is 0 Å². The molecule has 2 aliphatic heterocycles. The molecule has 24 heavy (non-hydrogen) atoms. The number of carbonyl (C=O) groups excluding carboxylic acids is 1. The topological polar surface area (TPSA) is 23.6 Å². The molecule has 1 aromatic rings. The first kappa shape index (κ1) is 15.9. The van der Waals surface area contributed by atoms with Crippen molar-refractivity contribution in [1.82, 2.24) is 9.80 Å². The Morgan fingerprint density at radius 1 is 1.17 bits per heavy atom. The number of fused-ring (bicyclic) bond motifs is 2. The molecule has 0 radical (unpaired) electrons. The lowest BCUT2D eigenvalue weighted by Crippen LogP contribution is -2.47. The molecule has 0 N–H and O–H groups in total. The molecule has 1 fully saturated rings. The highest BCUT2D eigenvalue weighted by atomic mass is 16.1. The maximum Gasteiger partial charge on any atom is 0.161 e. The molecule has 2 heterocycles. The smallest absolute Gasteiger partial charge is 0.161 e. The number of rotatable bonds is 2. The van der Waals surface area contributed by atoms with Crippen molar-refractivity contribution in [2.75, 3.05) is 20.1 Å². The average molecular weight is 324 g/mol. The van der Waals surface area contributed by atoms with E-state index in [0.29, 0.717) is 24.2 Å². The van der Waals surface area contributed by atoms with Crippen LogP contribution in [0.2, 0.25) is 0 Å². The largest absolute Gasteiger partial charge is 0.365 e. The van der Waals surface area contributed by atoms with Crippen LogP contribution in [0.1, 0.15) is 38.7 Å². The zero-order chi connectivity index (χ0) is 16.9. The van der Waals surface area contributed by atoms with Gasteiger partial charge in [-0.2, -0.15) is 0 Å². The molecule has 0 unspecified atom stereocenters. The SMILES string of the molecule is CN1CC[C@@H]2C3=C(CC(C)(C)CC3=O)N(Cc3ccccc3)[C@@H]2C1. The summed E-state index contributed by atoms with van der Waals surface area (Å²) in [6.45, 7) is 7.58. The Balaban J connectivity index is 1.72. The van der Waals surface area contributed by atoms with E-state index in [9.17, 15) is 4.79 Å². The van der Waals surface area contributed by atoms with Crippen LogP contribution in [0.4, 0.5) is 0 Å². The number of benzene rings is 1. The van der Waals surface area contributed by atoms with Crippen molar-refractivity contribution < 1.29 is 4.79 Å². The number of allylic oxidation sites excluding steroid dienone is 1. The quantitative estimate of drug-likeness (QED) is 0.832. The molecule has 0 spiro atoms. The zero-order valence-electron chi connectivity index (χ0n) is 15.1. The number of ketones is 1. The van der Waals surface area contributed by atoms with Crippen LogP contribution in [0.5, 0.6) is 0 Å². The molecule has 1 aliphatic carbocycles. The number of carbonyl (C=O) groups is 1. The Hall–Kier alpha value is -1.61. The number of hydrogen-bond donors (Lipinski definition) is 0. The summed E-state index contributed by atoms with van der Waals surface area (Å²) in [7, 11) is 2.21. The molecule has 0 aromatic heterocycles.